The highest BCUT2D eigenvalue weighted by molar-refractivity contribution is 5.92. The molecule has 2 aliphatic heterocycles. The molecular formula is C21H30O12. The topological polar surface area (TPSA) is 207 Å². The Morgan fingerprint density at radius 2 is 1.48 bits per heavy atom. The number of benzene rings is 1. The number of ketones is 1. The minimum atomic E-state index is -2.87. The Labute approximate surface area is 189 Å². The summed E-state index contributed by atoms with van der Waals surface area (Å²) in [6.45, 7) is -1.38. The van der Waals surface area contributed by atoms with E-state index in [-0.39, 0.29) is 0 Å². The number of carbonyl (C=O) groups is 1. The summed E-state index contributed by atoms with van der Waals surface area (Å²) in [6, 6.07) is 8.23. The maximum absolute atomic E-state index is 13.7. The van der Waals surface area contributed by atoms with E-state index in [9.17, 15) is 45.6 Å². The van der Waals surface area contributed by atoms with E-state index in [1.807, 2.05) is 0 Å². The summed E-state index contributed by atoms with van der Waals surface area (Å²) in [7, 11) is 0. The fourth-order valence-corrected chi connectivity index (χ4v) is 4.18. The number of aliphatic hydroxyl groups excluding tert-OH is 8. The minimum absolute atomic E-state index is 0.460. The zero-order chi connectivity index (χ0) is 24.6. The highest BCUT2D eigenvalue weighted by Crippen LogP contribution is 2.43. The van der Waals surface area contributed by atoms with Crippen LogP contribution in [0.15, 0.2) is 30.3 Å². The van der Waals surface area contributed by atoms with E-state index in [2.05, 4.69) is 0 Å². The highest BCUT2D eigenvalue weighted by atomic mass is 16.8. The molecule has 2 unspecified atom stereocenters. The van der Waals surface area contributed by atoms with Gasteiger partial charge in [-0.25, -0.2) is 0 Å². The molecule has 33 heavy (non-hydrogen) atoms. The fraction of sp³-hybridized carbons (Fsp3) is 0.667. The molecule has 0 spiro atoms. The van der Waals surface area contributed by atoms with Crippen molar-refractivity contribution in [1.29, 1.82) is 0 Å². The van der Waals surface area contributed by atoms with Gasteiger partial charge in [-0.1, -0.05) is 37.3 Å². The maximum Gasteiger partial charge on any atom is 0.262 e. The molecule has 0 aliphatic carbocycles. The monoisotopic (exact) mass is 474 g/mol. The predicted molar refractivity (Wildman–Crippen MR) is 107 cm³/mol. The van der Waals surface area contributed by atoms with Crippen molar-refractivity contribution in [3.63, 3.8) is 0 Å². The fourth-order valence-electron chi connectivity index (χ4n) is 4.18. The molecule has 186 valence electrons. The van der Waals surface area contributed by atoms with Crippen LogP contribution in [0.25, 0.3) is 0 Å². The first-order valence-electron chi connectivity index (χ1n) is 10.5. The van der Waals surface area contributed by atoms with Gasteiger partial charge < -0.3 is 55.1 Å². The molecule has 12 heteroatoms. The maximum atomic E-state index is 13.7. The second kappa shape index (κ2) is 9.98. The van der Waals surface area contributed by atoms with Gasteiger partial charge in [0.1, 0.15) is 49.3 Å². The predicted octanol–water partition coefficient (Wildman–Crippen LogP) is -3.65. The number of carbonyl (C=O) groups excluding carboxylic acids is 1. The molecule has 2 heterocycles. The van der Waals surface area contributed by atoms with Crippen molar-refractivity contribution in [2.75, 3.05) is 19.8 Å². The van der Waals surface area contributed by atoms with Gasteiger partial charge in [0.05, 0.1) is 13.2 Å². The van der Waals surface area contributed by atoms with Gasteiger partial charge in [-0.15, -0.1) is 0 Å². The Morgan fingerprint density at radius 1 is 0.909 bits per heavy atom. The summed E-state index contributed by atoms with van der Waals surface area (Å²) in [5.74, 6) is -7.47. The van der Waals surface area contributed by atoms with Gasteiger partial charge >= 0.3 is 0 Å². The first kappa shape index (κ1) is 26.1. The van der Waals surface area contributed by atoms with E-state index in [0.29, 0.717) is 5.56 Å². The van der Waals surface area contributed by atoms with E-state index in [1.165, 1.54) is 6.92 Å². The van der Waals surface area contributed by atoms with E-state index >= 15 is 0 Å². The molecule has 1 aromatic carbocycles. The van der Waals surface area contributed by atoms with Crippen molar-refractivity contribution in [1.82, 2.24) is 0 Å². The van der Waals surface area contributed by atoms with Crippen LogP contribution in [-0.4, -0.2) is 121 Å². The first-order chi connectivity index (χ1) is 15.6. The van der Waals surface area contributed by atoms with Crippen LogP contribution in [-0.2, 0) is 19.0 Å². The van der Waals surface area contributed by atoms with Crippen molar-refractivity contribution in [3.05, 3.63) is 35.9 Å². The number of aliphatic hydroxyl groups is 8. The summed E-state index contributed by atoms with van der Waals surface area (Å²) in [5.41, 5.74) is 0.460. The van der Waals surface area contributed by atoms with Gasteiger partial charge in [-0.05, 0) is 5.56 Å². The molecule has 1 aromatic rings. The summed E-state index contributed by atoms with van der Waals surface area (Å²) >= 11 is 0. The van der Waals surface area contributed by atoms with Gasteiger partial charge in [0.2, 0.25) is 11.6 Å². The molecule has 0 radical (unpaired) electrons. The van der Waals surface area contributed by atoms with E-state index in [0.717, 1.165) is 0 Å². The van der Waals surface area contributed by atoms with Crippen molar-refractivity contribution in [2.24, 2.45) is 0 Å². The molecule has 2 aliphatic rings. The van der Waals surface area contributed by atoms with E-state index in [4.69, 9.17) is 14.2 Å². The minimum Gasteiger partial charge on any atom is -0.394 e. The van der Waals surface area contributed by atoms with Crippen molar-refractivity contribution >= 4 is 5.78 Å². The molecular weight excluding hydrogens is 444 g/mol. The average molecular weight is 474 g/mol. The SMILES string of the molecule is CC(C(=O)[C@@]1(OC2(CO)O[C@H](CO)[C@@H](O)[C@@H]2O)O[C@H](CO)[C@@H](O)[C@H](O)[C@H]1O)c1ccccc1. The van der Waals surface area contributed by atoms with Crippen LogP contribution in [0.2, 0.25) is 0 Å². The van der Waals surface area contributed by atoms with Crippen LogP contribution in [0.5, 0.6) is 0 Å². The molecule has 12 nitrogen and oxygen atoms in total. The normalized spacial score (nSPS) is 42.3. The van der Waals surface area contributed by atoms with Crippen molar-refractivity contribution in [3.8, 4) is 0 Å². The number of hydrogen-bond acceptors (Lipinski definition) is 12. The lowest BCUT2D eigenvalue weighted by atomic mass is 9.83. The average Bonchev–Trinajstić information content (AvgIpc) is 3.08. The van der Waals surface area contributed by atoms with Gasteiger partial charge in [0.25, 0.3) is 5.79 Å². The van der Waals surface area contributed by atoms with Gasteiger partial charge in [-0.3, -0.25) is 4.79 Å². The summed E-state index contributed by atoms with van der Waals surface area (Å²) in [6.07, 6.45) is -12.9. The van der Waals surface area contributed by atoms with Crippen LogP contribution in [0.3, 0.4) is 0 Å². The third-order valence-corrected chi connectivity index (χ3v) is 6.22. The Morgan fingerprint density at radius 3 is 2.00 bits per heavy atom. The van der Waals surface area contributed by atoms with Crippen molar-refractivity contribution < 1.29 is 59.9 Å². The van der Waals surface area contributed by atoms with Crippen LogP contribution in [0.4, 0.5) is 0 Å². The molecule has 2 saturated heterocycles. The molecule has 10 atom stereocenters. The lowest BCUT2D eigenvalue weighted by molar-refractivity contribution is -0.416. The molecule has 2 fully saturated rings. The second-order valence-corrected chi connectivity index (χ2v) is 8.28. The van der Waals surface area contributed by atoms with Gasteiger partial charge in [0.15, 0.2) is 0 Å². The second-order valence-electron chi connectivity index (χ2n) is 8.28. The van der Waals surface area contributed by atoms with E-state index in [1.54, 1.807) is 30.3 Å². The molecule has 0 bridgehead atoms. The lowest BCUT2D eigenvalue weighted by Crippen LogP contribution is -2.72. The smallest absolute Gasteiger partial charge is 0.262 e. The molecule has 0 amide bonds. The Bertz CT molecular complexity index is 806. The summed E-state index contributed by atoms with van der Waals surface area (Å²) in [5, 5.41) is 81.3. The summed E-state index contributed by atoms with van der Waals surface area (Å²) in [4.78, 5) is 13.7. The molecule has 8 N–H and O–H groups in total. The number of rotatable bonds is 8. The van der Waals surface area contributed by atoms with Crippen LogP contribution in [0, 0.1) is 0 Å². The third kappa shape index (κ3) is 4.33. The van der Waals surface area contributed by atoms with Crippen LogP contribution >= 0.6 is 0 Å². The first-order valence-corrected chi connectivity index (χ1v) is 10.5. The van der Waals surface area contributed by atoms with Gasteiger partial charge in [-0.2, -0.15) is 0 Å². The highest BCUT2D eigenvalue weighted by Gasteiger charge is 2.66. The standard InChI is InChI=1S/C21H30O12/c1-10(11-5-3-2-4-6-11)17(28)21(19(30)16(27)14(25)12(7-22)32-21)33-20(9-24)18(29)15(26)13(8-23)31-20/h2-6,10,12-16,18-19,22-27,29-30H,7-9H2,1H3/t10?,12-,13-,14-,15-,16+,18+,19-,20?,21+/m1/s1. The van der Waals surface area contributed by atoms with Crippen LogP contribution in [0.1, 0.15) is 18.4 Å². The third-order valence-electron chi connectivity index (χ3n) is 6.22. The molecule has 0 aromatic heterocycles. The van der Waals surface area contributed by atoms with E-state index < -0.39 is 85.8 Å². The zero-order valence-corrected chi connectivity index (χ0v) is 17.8. The number of Topliss-reactive ketones (excluding diaryl/α,β-unsaturated/α-hetero) is 1. The largest absolute Gasteiger partial charge is 0.394 e. The zero-order valence-electron chi connectivity index (χ0n) is 17.8. The lowest BCUT2D eigenvalue weighted by Gasteiger charge is -2.50. The Balaban J connectivity index is 2.10. The van der Waals surface area contributed by atoms with Crippen molar-refractivity contribution in [2.45, 2.75) is 67.1 Å². The Kier molecular flexibility index (Phi) is 7.88. The van der Waals surface area contributed by atoms with Gasteiger partial charge in [0, 0.05) is 5.92 Å². The van der Waals surface area contributed by atoms with Crippen LogP contribution < -0.4 is 0 Å². The molecule has 3 rings (SSSR count). The Hall–Kier alpha value is -1.55. The number of ether oxygens (including phenoxy) is 3. The quantitative estimate of drug-likeness (QED) is 0.184. The number of hydrogen-bond donors (Lipinski definition) is 8. The molecule has 0 saturated carbocycles. The summed E-state index contributed by atoms with van der Waals surface area (Å²) < 4.78 is 16.5.